The van der Waals surface area contributed by atoms with Crippen LogP contribution in [0.2, 0.25) is 0 Å². The first-order chi connectivity index (χ1) is 8.89. The van der Waals surface area contributed by atoms with Crippen LogP contribution in [0.4, 0.5) is 0 Å². The predicted octanol–water partition coefficient (Wildman–Crippen LogP) is -0.200. The monoisotopic (exact) mass is 285 g/mol. The van der Waals surface area contributed by atoms with Gasteiger partial charge in [0.15, 0.2) is 5.76 Å². The zero-order valence-electron chi connectivity index (χ0n) is 10.7. The molecule has 8 heteroatoms. The second-order valence-electron chi connectivity index (χ2n) is 5.11. The number of sulfonamides is 1. The van der Waals surface area contributed by atoms with E-state index >= 15 is 0 Å². The fraction of sp³-hybridized carbons (Fsp3) is 0.636. The molecule has 3 heterocycles. The Labute approximate surface area is 111 Å². The molecule has 104 valence electrons. The zero-order valence-corrected chi connectivity index (χ0v) is 11.5. The largest absolute Gasteiger partial charge is 0.360 e. The molecular formula is C11H15N3O4S. The number of aryl methyl sites for hydroxylation is 2. The summed E-state index contributed by atoms with van der Waals surface area (Å²) in [6, 6.07) is -0.0669. The van der Waals surface area contributed by atoms with Crippen molar-refractivity contribution in [2.75, 3.05) is 13.1 Å². The summed E-state index contributed by atoms with van der Waals surface area (Å²) in [6.07, 6.45) is 0.401. The van der Waals surface area contributed by atoms with Gasteiger partial charge in [0.05, 0.1) is 0 Å². The number of carbonyl (C=O) groups excluding carboxylic acids is 1. The van der Waals surface area contributed by atoms with E-state index in [1.54, 1.807) is 13.8 Å². The van der Waals surface area contributed by atoms with Crippen LogP contribution in [0.5, 0.6) is 0 Å². The lowest BCUT2D eigenvalue weighted by molar-refractivity contribution is -0.119. The van der Waals surface area contributed by atoms with Crippen molar-refractivity contribution in [3.05, 3.63) is 11.5 Å². The van der Waals surface area contributed by atoms with Gasteiger partial charge < -0.3 is 9.84 Å². The molecule has 0 spiro atoms. The predicted molar refractivity (Wildman–Crippen MR) is 64.8 cm³/mol. The second-order valence-corrected chi connectivity index (χ2v) is 6.99. The molecule has 2 atom stereocenters. The molecule has 0 aromatic carbocycles. The van der Waals surface area contributed by atoms with Crippen LogP contribution in [0.25, 0.3) is 0 Å². The number of fused-ring (bicyclic) bond motifs is 1. The summed E-state index contributed by atoms with van der Waals surface area (Å²) in [5.41, 5.74) is 0.374. The number of hydrogen-bond acceptors (Lipinski definition) is 5. The van der Waals surface area contributed by atoms with Crippen molar-refractivity contribution in [2.24, 2.45) is 5.92 Å². The van der Waals surface area contributed by atoms with E-state index in [-0.39, 0.29) is 22.8 Å². The van der Waals surface area contributed by atoms with E-state index in [4.69, 9.17) is 4.52 Å². The van der Waals surface area contributed by atoms with Gasteiger partial charge in [-0.05, 0) is 13.8 Å². The van der Waals surface area contributed by atoms with Crippen molar-refractivity contribution >= 4 is 15.9 Å². The van der Waals surface area contributed by atoms with Gasteiger partial charge in [-0.1, -0.05) is 5.16 Å². The van der Waals surface area contributed by atoms with Gasteiger partial charge in [0, 0.05) is 31.5 Å². The molecule has 0 aliphatic carbocycles. The molecule has 2 aliphatic heterocycles. The molecule has 0 unspecified atom stereocenters. The molecule has 3 rings (SSSR count). The lowest BCUT2D eigenvalue weighted by Gasteiger charge is -2.16. The molecule has 1 aromatic rings. The summed E-state index contributed by atoms with van der Waals surface area (Å²) in [4.78, 5) is 11.4. The Morgan fingerprint density at radius 3 is 2.68 bits per heavy atom. The number of nitrogens with one attached hydrogen (secondary N) is 1. The third-order valence-corrected chi connectivity index (χ3v) is 5.84. The van der Waals surface area contributed by atoms with Gasteiger partial charge in [-0.15, -0.1) is 0 Å². The maximum absolute atomic E-state index is 12.6. The SMILES string of the molecule is Cc1noc(C)c1S(=O)(=O)N1C[C@@H]2CC(=O)N[C@@H]2C1. The van der Waals surface area contributed by atoms with Crippen molar-refractivity contribution in [3.8, 4) is 0 Å². The van der Waals surface area contributed by atoms with Gasteiger partial charge in [-0.3, -0.25) is 4.79 Å². The standard InChI is InChI=1S/C11H15N3O4S/c1-6-11(7(2)18-13-6)19(16,17)14-4-8-3-10(15)12-9(8)5-14/h8-9H,3-5H2,1-2H3,(H,12,15)/t8-,9+/m0/s1. The molecule has 0 saturated carbocycles. The van der Waals surface area contributed by atoms with E-state index in [1.165, 1.54) is 4.31 Å². The maximum atomic E-state index is 12.6. The Kier molecular flexibility index (Phi) is 2.68. The van der Waals surface area contributed by atoms with Crippen LogP contribution in [0, 0.1) is 19.8 Å². The van der Waals surface area contributed by atoms with Gasteiger partial charge in [-0.2, -0.15) is 4.31 Å². The Balaban J connectivity index is 1.90. The van der Waals surface area contributed by atoms with Crippen molar-refractivity contribution in [1.82, 2.24) is 14.8 Å². The smallest absolute Gasteiger partial charge is 0.248 e. The van der Waals surface area contributed by atoms with E-state index < -0.39 is 10.0 Å². The summed E-state index contributed by atoms with van der Waals surface area (Å²) in [5, 5.41) is 6.50. The van der Waals surface area contributed by atoms with Crippen molar-refractivity contribution in [2.45, 2.75) is 31.2 Å². The van der Waals surface area contributed by atoms with Gasteiger partial charge in [0.2, 0.25) is 15.9 Å². The third kappa shape index (κ3) is 1.86. The fourth-order valence-electron chi connectivity index (χ4n) is 2.87. The summed E-state index contributed by atoms with van der Waals surface area (Å²) in [7, 11) is -3.59. The molecule has 19 heavy (non-hydrogen) atoms. The fourth-order valence-corrected chi connectivity index (χ4v) is 4.69. The Hall–Kier alpha value is -1.41. The van der Waals surface area contributed by atoms with Crippen molar-refractivity contribution < 1.29 is 17.7 Å². The molecule has 2 fully saturated rings. The normalized spacial score (nSPS) is 27.6. The van der Waals surface area contributed by atoms with Crippen molar-refractivity contribution in [3.63, 3.8) is 0 Å². The zero-order chi connectivity index (χ0) is 13.8. The molecule has 2 aliphatic rings. The van der Waals surface area contributed by atoms with E-state index in [2.05, 4.69) is 10.5 Å². The Morgan fingerprint density at radius 2 is 2.11 bits per heavy atom. The van der Waals surface area contributed by atoms with Crippen LogP contribution >= 0.6 is 0 Å². The average Bonchev–Trinajstić information content (AvgIpc) is 2.91. The molecule has 1 N–H and O–H groups in total. The van der Waals surface area contributed by atoms with Crippen LogP contribution in [-0.2, 0) is 14.8 Å². The van der Waals surface area contributed by atoms with Gasteiger partial charge in [-0.25, -0.2) is 8.42 Å². The molecule has 0 bridgehead atoms. The summed E-state index contributed by atoms with van der Waals surface area (Å²) >= 11 is 0. The topological polar surface area (TPSA) is 92.5 Å². The second kappa shape index (κ2) is 4.04. The minimum absolute atomic E-state index is 0.00406. The minimum Gasteiger partial charge on any atom is -0.360 e. The quantitative estimate of drug-likeness (QED) is 0.812. The number of carbonyl (C=O) groups is 1. The highest BCUT2D eigenvalue weighted by atomic mass is 32.2. The Morgan fingerprint density at radius 1 is 1.37 bits per heavy atom. The number of amides is 1. The molecule has 1 aromatic heterocycles. The van der Waals surface area contributed by atoms with E-state index in [9.17, 15) is 13.2 Å². The summed E-state index contributed by atoms with van der Waals surface area (Å²) in [6.45, 7) is 3.90. The number of hydrogen-bond donors (Lipinski definition) is 1. The first-order valence-corrected chi connectivity index (χ1v) is 7.56. The highest BCUT2D eigenvalue weighted by Gasteiger charge is 2.45. The lowest BCUT2D eigenvalue weighted by atomic mass is 10.1. The number of aromatic nitrogens is 1. The summed E-state index contributed by atoms with van der Waals surface area (Å²) < 4.78 is 31.5. The maximum Gasteiger partial charge on any atom is 0.248 e. The molecule has 0 radical (unpaired) electrons. The third-order valence-electron chi connectivity index (χ3n) is 3.77. The highest BCUT2D eigenvalue weighted by molar-refractivity contribution is 7.89. The molecular weight excluding hydrogens is 270 g/mol. The lowest BCUT2D eigenvalue weighted by Crippen LogP contribution is -2.35. The number of rotatable bonds is 2. The molecule has 2 saturated heterocycles. The summed E-state index contributed by atoms with van der Waals surface area (Å²) in [5.74, 6) is 0.380. The van der Waals surface area contributed by atoms with E-state index in [0.29, 0.717) is 31.0 Å². The van der Waals surface area contributed by atoms with E-state index in [0.717, 1.165) is 0 Å². The van der Waals surface area contributed by atoms with Crippen LogP contribution < -0.4 is 5.32 Å². The average molecular weight is 285 g/mol. The highest BCUT2D eigenvalue weighted by Crippen LogP contribution is 2.31. The Bertz CT molecular complexity index is 601. The van der Waals surface area contributed by atoms with Gasteiger partial charge >= 0.3 is 0 Å². The van der Waals surface area contributed by atoms with Crippen LogP contribution in [0.1, 0.15) is 17.9 Å². The van der Waals surface area contributed by atoms with Gasteiger partial charge in [0.1, 0.15) is 10.6 Å². The molecule has 1 amide bonds. The van der Waals surface area contributed by atoms with Crippen LogP contribution in [-0.4, -0.2) is 42.9 Å². The van der Waals surface area contributed by atoms with Crippen molar-refractivity contribution in [1.29, 1.82) is 0 Å². The van der Waals surface area contributed by atoms with E-state index in [1.807, 2.05) is 0 Å². The first-order valence-electron chi connectivity index (χ1n) is 6.12. The van der Waals surface area contributed by atoms with Crippen LogP contribution in [0.3, 0.4) is 0 Å². The van der Waals surface area contributed by atoms with Crippen LogP contribution in [0.15, 0.2) is 9.42 Å². The minimum atomic E-state index is -3.59. The number of nitrogens with zero attached hydrogens (tertiary/aromatic N) is 2. The molecule has 7 nitrogen and oxygen atoms in total. The van der Waals surface area contributed by atoms with Gasteiger partial charge in [0.25, 0.3) is 0 Å². The first kappa shape index (κ1) is 12.6.